The van der Waals surface area contributed by atoms with Crippen molar-refractivity contribution in [1.82, 2.24) is 14.8 Å². The van der Waals surface area contributed by atoms with Crippen LogP contribution in [0.15, 0.2) is 79.3 Å². The molecule has 6 nitrogen and oxygen atoms in total. The number of carbonyl (C=O) groups is 1. The van der Waals surface area contributed by atoms with Crippen molar-refractivity contribution in [2.75, 3.05) is 12.4 Å². The fourth-order valence-corrected chi connectivity index (χ4v) is 3.08. The number of anilines is 1. The molecule has 2 aromatic heterocycles. The van der Waals surface area contributed by atoms with Gasteiger partial charge in [-0.2, -0.15) is 5.10 Å². The van der Waals surface area contributed by atoms with E-state index < -0.39 is 0 Å². The lowest BCUT2D eigenvalue weighted by atomic mass is 10.1. The summed E-state index contributed by atoms with van der Waals surface area (Å²) < 4.78 is 7.08. The molecule has 0 saturated carbocycles. The number of ether oxygens (including phenoxy) is 1. The van der Waals surface area contributed by atoms with Crippen molar-refractivity contribution in [3.63, 3.8) is 0 Å². The molecule has 4 aromatic rings. The summed E-state index contributed by atoms with van der Waals surface area (Å²) in [5.41, 5.74) is 4.28. The molecular weight excluding hydrogens is 364 g/mol. The van der Waals surface area contributed by atoms with Crippen LogP contribution in [0.2, 0.25) is 0 Å². The maximum absolute atomic E-state index is 13.2. The third-order valence-electron chi connectivity index (χ3n) is 4.52. The Morgan fingerprint density at radius 3 is 2.62 bits per heavy atom. The smallest absolute Gasteiger partial charge is 0.259 e. The van der Waals surface area contributed by atoms with E-state index in [4.69, 9.17) is 4.74 Å². The molecule has 0 unspecified atom stereocenters. The number of nitrogens with one attached hydrogen (secondary N) is 1. The van der Waals surface area contributed by atoms with Gasteiger partial charge in [0.05, 0.1) is 24.0 Å². The second-order valence-corrected chi connectivity index (χ2v) is 6.57. The summed E-state index contributed by atoms with van der Waals surface area (Å²) in [7, 11) is 1.58. The van der Waals surface area contributed by atoms with E-state index in [1.54, 1.807) is 30.4 Å². The van der Waals surface area contributed by atoms with Crippen molar-refractivity contribution in [1.29, 1.82) is 0 Å². The highest BCUT2D eigenvalue weighted by molar-refractivity contribution is 6.08. The molecule has 144 valence electrons. The Morgan fingerprint density at radius 2 is 1.90 bits per heavy atom. The molecule has 0 aliphatic heterocycles. The first kappa shape index (κ1) is 18.4. The first-order chi connectivity index (χ1) is 14.2. The van der Waals surface area contributed by atoms with Gasteiger partial charge in [-0.25, -0.2) is 4.68 Å². The number of aromatic nitrogens is 3. The summed E-state index contributed by atoms with van der Waals surface area (Å²) in [6.45, 7) is 1.96. The standard InChI is InChI=1S/C23H20N4O2/c1-16-10-11-21(29-2)20(13-16)25-23(28)19-15-27(18-8-4-3-5-9-18)26-22(19)17-7-6-12-24-14-17/h3-15H,1-2H3,(H,25,28). The number of pyridine rings is 1. The lowest BCUT2D eigenvalue weighted by Crippen LogP contribution is -2.13. The van der Waals surface area contributed by atoms with Crippen LogP contribution in [0, 0.1) is 6.92 Å². The second-order valence-electron chi connectivity index (χ2n) is 6.57. The summed E-state index contributed by atoms with van der Waals surface area (Å²) in [5, 5.41) is 7.61. The first-order valence-corrected chi connectivity index (χ1v) is 9.17. The number of methoxy groups -OCH3 is 1. The van der Waals surface area contributed by atoms with Crippen LogP contribution >= 0.6 is 0 Å². The average Bonchev–Trinajstić information content (AvgIpc) is 3.21. The minimum Gasteiger partial charge on any atom is -0.495 e. The van der Waals surface area contributed by atoms with E-state index >= 15 is 0 Å². The molecule has 1 amide bonds. The van der Waals surface area contributed by atoms with Crippen molar-refractivity contribution in [3.8, 4) is 22.7 Å². The molecule has 1 N–H and O–H groups in total. The second kappa shape index (κ2) is 7.98. The maximum atomic E-state index is 13.2. The summed E-state index contributed by atoms with van der Waals surface area (Å²) >= 11 is 0. The third kappa shape index (κ3) is 3.87. The summed E-state index contributed by atoms with van der Waals surface area (Å²) in [6.07, 6.45) is 5.12. The quantitative estimate of drug-likeness (QED) is 0.550. The lowest BCUT2D eigenvalue weighted by molar-refractivity contribution is 0.102. The van der Waals surface area contributed by atoms with Gasteiger partial charge < -0.3 is 10.1 Å². The zero-order valence-corrected chi connectivity index (χ0v) is 16.2. The SMILES string of the molecule is COc1ccc(C)cc1NC(=O)c1cn(-c2ccccc2)nc1-c1cccnc1. The molecule has 4 rings (SSSR count). The van der Waals surface area contributed by atoms with Gasteiger partial charge in [-0.1, -0.05) is 24.3 Å². The van der Waals surface area contributed by atoms with E-state index in [1.807, 2.05) is 67.6 Å². The highest BCUT2D eigenvalue weighted by atomic mass is 16.5. The van der Waals surface area contributed by atoms with Gasteiger partial charge in [0.2, 0.25) is 0 Å². The van der Waals surface area contributed by atoms with Gasteiger partial charge in [0.1, 0.15) is 11.4 Å². The highest BCUT2D eigenvalue weighted by Crippen LogP contribution is 2.28. The lowest BCUT2D eigenvalue weighted by Gasteiger charge is -2.11. The molecule has 0 atom stereocenters. The molecule has 0 saturated heterocycles. The average molecular weight is 384 g/mol. The predicted molar refractivity (Wildman–Crippen MR) is 112 cm³/mol. The maximum Gasteiger partial charge on any atom is 0.259 e. The van der Waals surface area contributed by atoms with Crippen LogP contribution in [0.3, 0.4) is 0 Å². The number of rotatable bonds is 5. The zero-order valence-electron chi connectivity index (χ0n) is 16.2. The van der Waals surface area contributed by atoms with Gasteiger partial charge in [-0.05, 0) is 48.9 Å². The number of benzene rings is 2. The summed E-state index contributed by atoms with van der Waals surface area (Å²) in [5.74, 6) is 0.331. The Hall–Kier alpha value is -3.93. The number of amides is 1. The Morgan fingerprint density at radius 1 is 1.07 bits per heavy atom. The van der Waals surface area contributed by atoms with E-state index in [0.29, 0.717) is 22.7 Å². The number of para-hydroxylation sites is 1. The Balaban J connectivity index is 1.77. The van der Waals surface area contributed by atoms with E-state index in [-0.39, 0.29) is 5.91 Å². The van der Waals surface area contributed by atoms with Crippen LogP contribution in [0.5, 0.6) is 5.75 Å². The normalized spacial score (nSPS) is 10.6. The number of hydrogen-bond donors (Lipinski definition) is 1. The molecule has 0 radical (unpaired) electrons. The molecule has 2 aromatic carbocycles. The van der Waals surface area contributed by atoms with Crippen molar-refractivity contribution in [3.05, 3.63) is 90.4 Å². The molecule has 29 heavy (non-hydrogen) atoms. The van der Waals surface area contributed by atoms with E-state index in [2.05, 4.69) is 15.4 Å². The molecule has 0 fully saturated rings. The monoisotopic (exact) mass is 384 g/mol. The van der Waals surface area contributed by atoms with Crippen LogP contribution in [-0.4, -0.2) is 27.8 Å². The van der Waals surface area contributed by atoms with Crippen LogP contribution in [-0.2, 0) is 0 Å². The van der Waals surface area contributed by atoms with Gasteiger partial charge in [-0.3, -0.25) is 9.78 Å². The van der Waals surface area contributed by atoms with Gasteiger partial charge in [-0.15, -0.1) is 0 Å². The van der Waals surface area contributed by atoms with Gasteiger partial charge >= 0.3 is 0 Å². The van der Waals surface area contributed by atoms with E-state index in [1.165, 1.54) is 0 Å². The Labute approximate surface area is 168 Å². The molecule has 0 bridgehead atoms. The molecule has 0 spiro atoms. The summed E-state index contributed by atoms with van der Waals surface area (Å²) in [6, 6.07) is 19.0. The molecule has 6 heteroatoms. The number of hydrogen-bond acceptors (Lipinski definition) is 4. The van der Waals surface area contributed by atoms with Gasteiger partial charge in [0.25, 0.3) is 5.91 Å². The largest absolute Gasteiger partial charge is 0.495 e. The van der Waals surface area contributed by atoms with Crippen molar-refractivity contribution in [2.45, 2.75) is 6.92 Å². The van der Waals surface area contributed by atoms with Crippen LogP contribution in [0.25, 0.3) is 16.9 Å². The van der Waals surface area contributed by atoms with Crippen LogP contribution < -0.4 is 10.1 Å². The fourth-order valence-electron chi connectivity index (χ4n) is 3.08. The Bertz CT molecular complexity index is 1140. The number of nitrogens with zero attached hydrogens (tertiary/aromatic N) is 3. The molecule has 2 heterocycles. The summed E-state index contributed by atoms with van der Waals surface area (Å²) in [4.78, 5) is 17.4. The van der Waals surface area contributed by atoms with E-state index in [0.717, 1.165) is 16.8 Å². The first-order valence-electron chi connectivity index (χ1n) is 9.17. The number of carbonyl (C=O) groups excluding carboxylic acids is 1. The van der Waals surface area contributed by atoms with Gasteiger partial charge in [0, 0.05) is 24.2 Å². The topological polar surface area (TPSA) is 69.0 Å². The minimum atomic E-state index is -0.269. The minimum absolute atomic E-state index is 0.269. The van der Waals surface area contributed by atoms with Crippen molar-refractivity contribution < 1.29 is 9.53 Å². The molecule has 0 aliphatic rings. The highest BCUT2D eigenvalue weighted by Gasteiger charge is 2.20. The predicted octanol–water partition coefficient (Wildman–Crippen LogP) is 4.50. The van der Waals surface area contributed by atoms with Crippen LogP contribution in [0.4, 0.5) is 5.69 Å². The zero-order chi connectivity index (χ0) is 20.2. The Kier molecular flexibility index (Phi) is 5.07. The van der Waals surface area contributed by atoms with E-state index in [9.17, 15) is 4.79 Å². The van der Waals surface area contributed by atoms with Gasteiger partial charge in [0.15, 0.2) is 0 Å². The number of aryl methyl sites for hydroxylation is 1. The van der Waals surface area contributed by atoms with Crippen molar-refractivity contribution >= 4 is 11.6 Å². The third-order valence-corrected chi connectivity index (χ3v) is 4.52. The van der Waals surface area contributed by atoms with Crippen molar-refractivity contribution in [2.24, 2.45) is 0 Å². The molecular formula is C23H20N4O2. The fraction of sp³-hybridized carbons (Fsp3) is 0.0870. The van der Waals surface area contributed by atoms with Crippen LogP contribution in [0.1, 0.15) is 15.9 Å². The molecule has 0 aliphatic carbocycles.